The van der Waals surface area contributed by atoms with Gasteiger partial charge in [-0.05, 0) is 30.4 Å². The van der Waals surface area contributed by atoms with E-state index in [-0.39, 0.29) is 5.41 Å². The zero-order valence-corrected chi connectivity index (χ0v) is 14.6. The summed E-state index contributed by atoms with van der Waals surface area (Å²) in [4.78, 5) is 4.50. The molecule has 1 unspecified atom stereocenters. The predicted octanol–water partition coefficient (Wildman–Crippen LogP) is 4.64. The minimum absolute atomic E-state index is 0.220. The highest BCUT2D eigenvalue weighted by Crippen LogP contribution is 2.23. The van der Waals surface area contributed by atoms with Crippen molar-refractivity contribution < 1.29 is 0 Å². The van der Waals surface area contributed by atoms with Gasteiger partial charge in [-0.25, -0.2) is 4.98 Å². The Morgan fingerprint density at radius 2 is 1.86 bits per heavy atom. The Labute approximate surface area is 132 Å². The number of aryl methyl sites for hydroxylation is 1. The van der Waals surface area contributed by atoms with E-state index in [4.69, 9.17) is 0 Å². The van der Waals surface area contributed by atoms with Crippen LogP contribution in [0.4, 0.5) is 0 Å². The van der Waals surface area contributed by atoms with Gasteiger partial charge in [0, 0.05) is 24.4 Å². The lowest BCUT2D eigenvalue weighted by Crippen LogP contribution is -2.21. The molecule has 0 bridgehead atoms. The van der Waals surface area contributed by atoms with Gasteiger partial charge in [-0.15, -0.1) is 11.3 Å². The second-order valence-corrected chi connectivity index (χ2v) is 7.72. The fraction of sp³-hybridized carbons (Fsp3) is 0.500. The molecule has 1 atom stereocenters. The normalized spacial score (nSPS) is 13.4. The molecule has 0 saturated carbocycles. The molecule has 21 heavy (non-hydrogen) atoms. The largest absolute Gasteiger partial charge is 0.310 e. The van der Waals surface area contributed by atoms with Gasteiger partial charge in [-0.2, -0.15) is 0 Å². The molecular formula is C18H26N2S. The SMILES string of the molecule is Cc1nc(CCNC(C)c2ccc(C(C)(C)C)cc2)cs1. The van der Waals surface area contributed by atoms with Crippen molar-refractivity contribution in [3.63, 3.8) is 0 Å². The third kappa shape index (κ3) is 4.65. The van der Waals surface area contributed by atoms with Crippen LogP contribution in [0.5, 0.6) is 0 Å². The van der Waals surface area contributed by atoms with E-state index in [1.165, 1.54) is 16.8 Å². The summed E-state index contributed by atoms with van der Waals surface area (Å²) >= 11 is 1.72. The highest BCUT2D eigenvalue weighted by Gasteiger charge is 2.13. The molecule has 1 aromatic carbocycles. The summed E-state index contributed by atoms with van der Waals surface area (Å²) in [5.41, 5.74) is 4.15. The molecular weight excluding hydrogens is 276 g/mol. The second-order valence-electron chi connectivity index (χ2n) is 6.66. The number of aromatic nitrogens is 1. The van der Waals surface area contributed by atoms with E-state index in [1.54, 1.807) is 11.3 Å². The molecule has 2 aromatic rings. The maximum atomic E-state index is 4.50. The van der Waals surface area contributed by atoms with Gasteiger partial charge in [-0.1, -0.05) is 45.0 Å². The number of nitrogens with one attached hydrogen (secondary N) is 1. The van der Waals surface area contributed by atoms with Crippen molar-refractivity contribution >= 4 is 11.3 Å². The first-order valence-electron chi connectivity index (χ1n) is 7.61. The molecule has 0 spiro atoms. The van der Waals surface area contributed by atoms with Crippen LogP contribution in [0.3, 0.4) is 0 Å². The molecule has 1 heterocycles. The molecule has 0 amide bonds. The number of hydrogen-bond donors (Lipinski definition) is 1. The first kappa shape index (κ1) is 16.2. The smallest absolute Gasteiger partial charge is 0.0897 e. The Hall–Kier alpha value is -1.19. The van der Waals surface area contributed by atoms with Crippen LogP contribution in [-0.4, -0.2) is 11.5 Å². The molecule has 0 aliphatic heterocycles. The monoisotopic (exact) mass is 302 g/mol. The van der Waals surface area contributed by atoms with Crippen LogP contribution in [-0.2, 0) is 11.8 Å². The molecule has 3 heteroatoms. The maximum absolute atomic E-state index is 4.50. The number of rotatable bonds is 5. The number of nitrogens with zero attached hydrogens (tertiary/aromatic N) is 1. The fourth-order valence-corrected chi connectivity index (χ4v) is 2.98. The van der Waals surface area contributed by atoms with Crippen molar-refractivity contribution in [2.45, 2.75) is 52.5 Å². The molecule has 0 radical (unpaired) electrons. The first-order valence-corrected chi connectivity index (χ1v) is 8.49. The second kappa shape index (κ2) is 6.71. The van der Waals surface area contributed by atoms with Crippen molar-refractivity contribution in [1.82, 2.24) is 10.3 Å². The first-order chi connectivity index (χ1) is 9.86. The summed E-state index contributed by atoms with van der Waals surface area (Å²) < 4.78 is 0. The van der Waals surface area contributed by atoms with Gasteiger partial charge < -0.3 is 5.32 Å². The number of benzene rings is 1. The Morgan fingerprint density at radius 1 is 1.19 bits per heavy atom. The molecule has 0 aliphatic carbocycles. The van der Waals surface area contributed by atoms with Crippen molar-refractivity contribution in [1.29, 1.82) is 0 Å². The van der Waals surface area contributed by atoms with Crippen LogP contribution in [0.1, 0.15) is 55.6 Å². The quantitative estimate of drug-likeness (QED) is 0.870. The minimum Gasteiger partial charge on any atom is -0.310 e. The zero-order valence-electron chi connectivity index (χ0n) is 13.7. The van der Waals surface area contributed by atoms with Crippen LogP contribution >= 0.6 is 11.3 Å². The predicted molar refractivity (Wildman–Crippen MR) is 92.1 cm³/mol. The molecule has 114 valence electrons. The Bertz CT molecular complexity index is 564. The van der Waals surface area contributed by atoms with Crippen molar-refractivity contribution in [2.75, 3.05) is 6.54 Å². The molecule has 2 nitrogen and oxygen atoms in total. The third-order valence-corrected chi connectivity index (χ3v) is 4.60. The maximum Gasteiger partial charge on any atom is 0.0897 e. The summed E-state index contributed by atoms with van der Waals surface area (Å²) in [6.45, 7) is 12.0. The van der Waals surface area contributed by atoms with E-state index in [2.05, 4.69) is 74.6 Å². The van der Waals surface area contributed by atoms with Gasteiger partial charge in [0.2, 0.25) is 0 Å². The van der Waals surface area contributed by atoms with Gasteiger partial charge in [0.25, 0.3) is 0 Å². The topological polar surface area (TPSA) is 24.9 Å². The highest BCUT2D eigenvalue weighted by molar-refractivity contribution is 7.09. The average Bonchev–Trinajstić information content (AvgIpc) is 2.83. The van der Waals surface area contributed by atoms with Crippen LogP contribution in [0.25, 0.3) is 0 Å². The van der Waals surface area contributed by atoms with Crippen molar-refractivity contribution in [3.05, 3.63) is 51.5 Å². The lowest BCUT2D eigenvalue weighted by atomic mass is 9.86. The van der Waals surface area contributed by atoms with Gasteiger partial charge >= 0.3 is 0 Å². The van der Waals surface area contributed by atoms with Gasteiger partial charge in [0.1, 0.15) is 0 Å². The molecule has 0 saturated heterocycles. The van der Waals surface area contributed by atoms with Crippen molar-refractivity contribution in [2.24, 2.45) is 0 Å². The Balaban J connectivity index is 1.87. The summed E-state index contributed by atoms with van der Waals surface area (Å²) in [6.07, 6.45) is 0.995. The van der Waals surface area contributed by atoms with Crippen LogP contribution in [0.15, 0.2) is 29.6 Å². The lowest BCUT2D eigenvalue weighted by molar-refractivity contribution is 0.569. The Kier molecular flexibility index (Phi) is 5.17. The van der Waals surface area contributed by atoms with E-state index >= 15 is 0 Å². The van der Waals surface area contributed by atoms with Gasteiger partial charge in [0.05, 0.1) is 10.7 Å². The lowest BCUT2D eigenvalue weighted by Gasteiger charge is -2.20. The fourth-order valence-electron chi connectivity index (χ4n) is 2.33. The zero-order chi connectivity index (χ0) is 15.5. The standard InChI is InChI=1S/C18H26N2S/c1-13(19-11-10-17-12-21-14(2)20-17)15-6-8-16(9-7-15)18(3,4)5/h6-9,12-13,19H,10-11H2,1-5H3. The molecule has 1 N–H and O–H groups in total. The summed E-state index contributed by atoms with van der Waals surface area (Å²) in [5, 5.41) is 6.88. The van der Waals surface area contributed by atoms with E-state index < -0.39 is 0 Å². The third-order valence-electron chi connectivity index (χ3n) is 3.77. The van der Waals surface area contributed by atoms with Crippen LogP contribution in [0.2, 0.25) is 0 Å². The number of thiazole rings is 1. The number of hydrogen-bond acceptors (Lipinski definition) is 3. The average molecular weight is 302 g/mol. The van der Waals surface area contributed by atoms with Gasteiger partial charge in [-0.3, -0.25) is 0 Å². The molecule has 1 aromatic heterocycles. The molecule has 2 rings (SSSR count). The van der Waals surface area contributed by atoms with Crippen LogP contribution < -0.4 is 5.32 Å². The van der Waals surface area contributed by atoms with Crippen LogP contribution in [0, 0.1) is 6.92 Å². The van der Waals surface area contributed by atoms with Crippen molar-refractivity contribution in [3.8, 4) is 0 Å². The molecule has 0 fully saturated rings. The molecule has 0 aliphatic rings. The minimum atomic E-state index is 0.220. The summed E-state index contributed by atoms with van der Waals surface area (Å²) in [6, 6.07) is 9.35. The van der Waals surface area contributed by atoms with E-state index in [1.807, 2.05) is 0 Å². The highest BCUT2D eigenvalue weighted by atomic mass is 32.1. The van der Waals surface area contributed by atoms with E-state index in [0.717, 1.165) is 18.0 Å². The van der Waals surface area contributed by atoms with E-state index in [9.17, 15) is 0 Å². The summed E-state index contributed by atoms with van der Waals surface area (Å²) in [7, 11) is 0. The Morgan fingerprint density at radius 3 is 2.38 bits per heavy atom. The van der Waals surface area contributed by atoms with E-state index in [0.29, 0.717) is 6.04 Å². The van der Waals surface area contributed by atoms with Gasteiger partial charge in [0.15, 0.2) is 0 Å². The summed E-state index contributed by atoms with van der Waals surface area (Å²) in [5.74, 6) is 0.